The van der Waals surface area contributed by atoms with Crippen LogP contribution in [0.5, 0.6) is 5.75 Å². The number of aliphatic hydroxyl groups is 2. The van der Waals surface area contributed by atoms with Gasteiger partial charge in [-0.05, 0) is 31.0 Å². The van der Waals surface area contributed by atoms with E-state index in [1.807, 2.05) is 0 Å². The molecule has 0 aromatic heterocycles. The third-order valence-electron chi connectivity index (χ3n) is 2.71. The zero-order valence-corrected chi connectivity index (χ0v) is 10.5. The number of esters is 1. The van der Waals surface area contributed by atoms with Crippen LogP contribution < -0.4 is 0 Å². The summed E-state index contributed by atoms with van der Waals surface area (Å²) in [6, 6.07) is 4.65. The maximum absolute atomic E-state index is 11.2. The Balaban J connectivity index is 2.77. The highest BCUT2D eigenvalue weighted by atomic mass is 16.5. The summed E-state index contributed by atoms with van der Waals surface area (Å²) in [6.07, 6.45) is -2.78. The van der Waals surface area contributed by atoms with Crippen molar-refractivity contribution in [3.05, 3.63) is 29.3 Å². The van der Waals surface area contributed by atoms with Gasteiger partial charge in [-0.3, -0.25) is 4.79 Å². The fraction of sp³-hybridized carbons (Fsp3) is 0.462. The average molecular weight is 254 g/mol. The molecule has 0 spiro atoms. The lowest BCUT2D eigenvalue weighted by Gasteiger charge is -2.19. The number of aliphatic hydroxyl groups excluding tert-OH is 2. The third-order valence-corrected chi connectivity index (χ3v) is 2.71. The Hall–Kier alpha value is -1.59. The fourth-order valence-corrected chi connectivity index (χ4v) is 1.67. The monoisotopic (exact) mass is 254 g/mol. The van der Waals surface area contributed by atoms with E-state index in [9.17, 15) is 20.1 Å². The number of phenols is 1. The smallest absolute Gasteiger partial charge is 0.308 e. The summed E-state index contributed by atoms with van der Waals surface area (Å²) in [4.78, 5) is 11.2. The normalized spacial score (nSPS) is 14.0. The first-order valence-corrected chi connectivity index (χ1v) is 5.77. The van der Waals surface area contributed by atoms with Gasteiger partial charge in [-0.2, -0.15) is 0 Å². The molecule has 0 fully saturated rings. The zero-order chi connectivity index (χ0) is 13.7. The van der Waals surface area contributed by atoms with Crippen LogP contribution in [-0.4, -0.2) is 34.0 Å². The highest BCUT2D eigenvalue weighted by Gasteiger charge is 2.24. The molecule has 1 aromatic rings. The van der Waals surface area contributed by atoms with Crippen LogP contribution in [0.4, 0.5) is 0 Å². The standard InChI is InChI=1S/C13H18O5/c1-3-18-12(16)7-11(15)13(17)9-5-4-6-10(14)8(9)2/h4-6,11,13-15,17H,3,7H2,1-2H3. The Kier molecular flexibility index (Phi) is 5.12. The lowest BCUT2D eigenvalue weighted by atomic mass is 9.97. The first-order valence-electron chi connectivity index (χ1n) is 5.77. The molecule has 0 aliphatic rings. The van der Waals surface area contributed by atoms with E-state index >= 15 is 0 Å². The van der Waals surface area contributed by atoms with Gasteiger partial charge in [0.15, 0.2) is 0 Å². The van der Waals surface area contributed by atoms with E-state index in [0.29, 0.717) is 11.1 Å². The molecule has 18 heavy (non-hydrogen) atoms. The van der Waals surface area contributed by atoms with Gasteiger partial charge in [0.1, 0.15) is 11.9 Å². The van der Waals surface area contributed by atoms with Crippen LogP contribution in [0.3, 0.4) is 0 Å². The second-order valence-electron chi connectivity index (χ2n) is 4.01. The molecule has 2 atom stereocenters. The van der Waals surface area contributed by atoms with Gasteiger partial charge in [-0.25, -0.2) is 0 Å². The van der Waals surface area contributed by atoms with Crippen LogP contribution in [-0.2, 0) is 9.53 Å². The van der Waals surface area contributed by atoms with Crippen molar-refractivity contribution >= 4 is 5.97 Å². The Bertz CT molecular complexity index is 416. The maximum atomic E-state index is 11.2. The highest BCUT2D eigenvalue weighted by Crippen LogP contribution is 2.27. The summed E-state index contributed by atoms with van der Waals surface area (Å²) in [5, 5.41) is 29.2. The van der Waals surface area contributed by atoms with Gasteiger partial charge >= 0.3 is 5.97 Å². The van der Waals surface area contributed by atoms with Crippen molar-refractivity contribution in [3.8, 4) is 5.75 Å². The van der Waals surface area contributed by atoms with Gasteiger partial charge in [0.25, 0.3) is 0 Å². The number of hydrogen-bond acceptors (Lipinski definition) is 5. The molecule has 1 aromatic carbocycles. The largest absolute Gasteiger partial charge is 0.508 e. The molecule has 5 nitrogen and oxygen atoms in total. The van der Waals surface area contributed by atoms with E-state index in [4.69, 9.17) is 4.74 Å². The number of carbonyl (C=O) groups excluding carboxylic acids is 1. The molecule has 5 heteroatoms. The van der Waals surface area contributed by atoms with Crippen molar-refractivity contribution in [1.82, 2.24) is 0 Å². The van der Waals surface area contributed by atoms with Gasteiger partial charge in [0.05, 0.1) is 19.1 Å². The van der Waals surface area contributed by atoms with Crippen LogP contribution in [0, 0.1) is 6.92 Å². The molecule has 0 saturated heterocycles. The van der Waals surface area contributed by atoms with Gasteiger partial charge in [0.2, 0.25) is 0 Å². The van der Waals surface area contributed by atoms with Crippen molar-refractivity contribution in [3.63, 3.8) is 0 Å². The predicted octanol–water partition coefficient (Wildman–Crippen LogP) is 1.05. The van der Waals surface area contributed by atoms with E-state index in [1.54, 1.807) is 26.0 Å². The summed E-state index contributed by atoms with van der Waals surface area (Å²) in [6.45, 7) is 3.53. The quantitative estimate of drug-likeness (QED) is 0.684. The SMILES string of the molecule is CCOC(=O)CC(O)C(O)c1cccc(O)c1C. The average Bonchev–Trinajstić information content (AvgIpc) is 2.32. The number of rotatable bonds is 5. The van der Waals surface area contributed by atoms with Gasteiger partial charge < -0.3 is 20.1 Å². The van der Waals surface area contributed by atoms with Gasteiger partial charge in [0, 0.05) is 0 Å². The Morgan fingerprint density at radius 2 is 2.06 bits per heavy atom. The highest BCUT2D eigenvalue weighted by molar-refractivity contribution is 5.70. The van der Waals surface area contributed by atoms with E-state index in [1.165, 1.54) is 6.07 Å². The van der Waals surface area contributed by atoms with Crippen molar-refractivity contribution < 1.29 is 24.9 Å². The number of aromatic hydroxyl groups is 1. The maximum Gasteiger partial charge on any atom is 0.308 e. The van der Waals surface area contributed by atoms with E-state index < -0.39 is 18.2 Å². The minimum absolute atomic E-state index is 0.0369. The second kappa shape index (κ2) is 6.37. The van der Waals surface area contributed by atoms with E-state index in [0.717, 1.165) is 0 Å². The lowest BCUT2D eigenvalue weighted by Crippen LogP contribution is -2.23. The molecule has 0 bridgehead atoms. The van der Waals surface area contributed by atoms with Crippen LogP contribution in [0.1, 0.15) is 30.6 Å². The summed E-state index contributed by atoms with van der Waals surface area (Å²) in [7, 11) is 0. The molecule has 0 radical (unpaired) electrons. The Labute approximate surface area is 106 Å². The van der Waals surface area contributed by atoms with Crippen LogP contribution in [0.15, 0.2) is 18.2 Å². The second-order valence-corrected chi connectivity index (χ2v) is 4.01. The molecular formula is C13H18O5. The Morgan fingerprint density at radius 1 is 1.39 bits per heavy atom. The minimum atomic E-state index is -1.26. The number of benzene rings is 1. The zero-order valence-electron chi connectivity index (χ0n) is 10.5. The summed E-state index contributed by atoms with van der Waals surface area (Å²) < 4.78 is 4.69. The topological polar surface area (TPSA) is 87.0 Å². The van der Waals surface area contributed by atoms with E-state index in [2.05, 4.69) is 0 Å². The predicted molar refractivity (Wildman–Crippen MR) is 65.1 cm³/mol. The summed E-state index contributed by atoms with van der Waals surface area (Å²) >= 11 is 0. The van der Waals surface area contributed by atoms with Crippen LogP contribution in [0.2, 0.25) is 0 Å². The molecule has 0 aliphatic heterocycles. The molecule has 1 rings (SSSR count). The molecule has 3 N–H and O–H groups in total. The minimum Gasteiger partial charge on any atom is -0.508 e. The number of ether oxygens (including phenoxy) is 1. The summed E-state index contributed by atoms with van der Waals surface area (Å²) in [5.41, 5.74) is 0.875. The van der Waals surface area contributed by atoms with Crippen molar-refractivity contribution in [2.45, 2.75) is 32.5 Å². The number of phenolic OH excluding ortho intramolecular Hbond substituents is 1. The third kappa shape index (κ3) is 3.45. The van der Waals surface area contributed by atoms with Crippen LogP contribution >= 0.6 is 0 Å². The number of carbonyl (C=O) groups is 1. The molecule has 0 aliphatic carbocycles. The van der Waals surface area contributed by atoms with E-state index in [-0.39, 0.29) is 18.8 Å². The molecule has 0 heterocycles. The van der Waals surface area contributed by atoms with Crippen molar-refractivity contribution in [2.75, 3.05) is 6.61 Å². The summed E-state index contributed by atoms with van der Waals surface area (Å²) in [5.74, 6) is -0.531. The molecule has 2 unspecified atom stereocenters. The van der Waals surface area contributed by atoms with Crippen LogP contribution in [0.25, 0.3) is 0 Å². The number of hydrogen-bond donors (Lipinski definition) is 3. The van der Waals surface area contributed by atoms with Gasteiger partial charge in [-0.15, -0.1) is 0 Å². The molecule has 0 amide bonds. The lowest BCUT2D eigenvalue weighted by molar-refractivity contribution is -0.147. The molecule has 0 saturated carbocycles. The Morgan fingerprint density at radius 3 is 2.67 bits per heavy atom. The van der Waals surface area contributed by atoms with Crippen molar-refractivity contribution in [2.24, 2.45) is 0 Å². The fourth-order valence-electron chi connectivity index (χ4n) is 1.67. The first kappa shape index (κ1) is 14.5. The first-order chi connectivity index (χ1) is 8.47. The van der Waals surface area contributed by atoms with Crippen molar-refractivity contribution in [1.29, 1.82) is 0 Å². The van der Waals surface area contributed by atoms with Gasteiger partial charge in [-0.1, -0.05) is 12.1 Å². The molecular weight excluding hydrogens is 236 g/mol. The molecule has 100 valence electrons.